The van der Waals surface area contributed by atoms with Crippen LogP contribution in [0.25, 0.3) is 0 Å². The highest BCUT2D eigenvalue weighted by Crippen LogP contribution is 2.25. The lowest BCUT2D eigenvalue weighted by molar-refractivity contribution is -0.118. The van der Waals surface area contributed by atoms with E-state index in [0.717, 1.165) is 36.3 Å². The molecule has 2 aromatic rings. The van der Waals surface area contributed by atoms with E-state index < -0.39 is 11.6 Å². The third-order valence-corrected chi connectivity index (χ3v) is 4.80. The third kappa shape index (κ3) is 4.59. The van der Waals surface area contributed by atoms with E-state index in [-0.39, 0.29) is 12.3 Å². The van der Waals surface area contributed by atoms with Gasteiger partial charge in [-0.3, -0.25) is 4.79 Å². The molecule has 3 rings (SSSR count). The number of hydrogen-bond donors (Lipinski definition) is 0. The quantitative estimate of drug-likeness (QED) is 0.735. The number of anilines is 1. The Kier molecular flexibility index (Phi) is 5.86. The zero-order chi connectivity index (χ0) is 18.5. The van der Waals surface area contributed by atoms with Gasteiger partial charge >= 0.3 is 0 Å². The van der Waals surface area contributed by atoms with Crippen LogP contribution < -0.4 is 9.64 Å². The van der Waals surface area contributed by atoms with E-state index in [1.165, 1.54) is 23.8 Å². The topological polar surface area (TPSA) is 29.5 Å². The molecule has 0 saturated heterocycles. The minimum atomic E-state index is -0.959. The standard InChI is InChI=1S/C21H23F2NO2/c1-24(16-10-11-19(22)20(23)14-16)21(25)12-9-15-5-4-8-18(13-15)26-17-6-2-3-7-17/h4-5,8,10-11,13-14,17H,2-3,6-7,9,12H2,1H3. The molecule has 1 aliphatic carbocycles. The summed E-state index contributed by atoms with van der Waals surface area (Å²) in [5.41, 5.74) is 1.36. The number of carbonyl (C=O) groups is 1. The number of aryl methyl sites for hydroxylation is 1. The molecule has 0 heterocycles. The van der Waals surface area contributed by atoms with Crippen molar-refractivity contribution in [3.05, 3.63) is 59.7 Å². The number of amides is 1. The van der Waals surface area contributed by atoms with Gasteiger partial charge in [-0.25, -0.2) is 8.78 Å². The van der Waals surface area contributed by atoms with Gasteiger partial charge in [0, 0.05) is 25.2 Å². The minimum absolute atomic E-state index is 0.155. The monoisotopic (exact) mass is 359 g/mol. The first-order valence-corrected chi connectivity index (χ1v) is 9.00. The first-order valence-electron chi connectivity index (χ1n) is 9.00. The molecule has 0 aliphatic heterocycles. The summed E-state index contributed by atoms with van der Waals surface area (Å²) in [5, 5.41) is 0. The van der Waals surface area contributed by atoms with Crippen LogP contribution in [0.2, 0.25) is 0 Å². The van der Waals surface area contributed by atoms with Crippen LogP contribution in [0, 0.1) is 11.6 Å². The Morgan fingerprint density at radius 1 is 1.12 bits per heavy atom. The van der Waals surface area contributed by atoms with Crippen molar-refractivity contribution >= 4 is 11.6 Å². The second-order valence-electron chi connectivity index (χ2n) is 6.72. The number of halogens is 2. The van der Waals surface area contributed by atoms with E-state index in [9.17, 15) is 13.6 Å². The summed E-state index contributed by atoms with van der Waals surface area (Å²) in [4.78, 5) is 13.7. The molecular formula is C21H23F2NO2. The summed E-state index contributed by atoms with van der Waals surface area (Å²) in [6, 6.07) is 11.3. The van der Waals surface area contributed by atoms with Gasteiger partial charge in [-0.15, -0.1) is 0 Å². The van der Waals surface area contributed by atoms with Crippen LogP contribution in [0.1, 0.15) is 37.7 Å². The summed E-state index contributed by atoms with van der Waals surface area (Å²) >= 11 is 0. The average Bonchev–Trinajstić information content (AvgIpc) is 3.14. The summed E-state index contributed by atoms with van der Waals surface area (Å²) < 4.78 is 32.4. The van der Waals surface area contributed by atoms with Crippen LogP contribution >= 0.6 is 0 Å². The second-order valence-corrected chi connectivity index (χ2v) is 6.72. The van der Waals surface area contributed by atoms with Crippen LogP contribution in [0.15, 0.2) is 42.5 Å². The van der Waals surface area contributed by atoms with E-state index in [0.29, 0.717) is 18.2 Å². The molecule has 0 radical (unpaired) electrons. The van der Waals surface area contributed by atoms with E-state index in [2.05, 4.69) is 0 Å². The fourth-order valence-electron chi connectivity index (χ4n) is 3.23. The predicted octanol–water partition coefficient (Wildman–Crippen LogP) is 4.88. The molecule has 5 heteroatoms. The molecule has 138 valence electrons. The van der Waals surface area contributed by atoms with Crippen LogP contribution in [0.4, 0.5) is 14.5 Å². The fraction of sp³-hybridized carbons (Fsp3) is 0.381. The lowest BCUT2D eigenvalue weighted by Crippen LogP contribution is -2.26. The summed E-state index contributed by atoms with van der Waals surface area (Å²) in [6.45, 7) is 0. The molecule has 1 amide bonds. The number of hydrogen-bond acceptors (Lipinski definition) is 2. The Labute approximate surface area is 152 Å². The van der Waals surface area contributed by atoms with Gasteiger partial charge in [0.05, 0.1) is 6.10 Å². The SMILES string of the molecule is CN(C(=O)CCc1cccc(OC2CCCC2)c1)c1ccc(F)c(F)c1. The second kappa shape index (κ2) is 8.30. The van der Waals surface area contributed by atoms with Crippen LogP contribution in [0.3, 0.4) is 0 Å². The normalized spacial score (nSPS) is 14.4. The molecule has 1 aliphatic rings. The lowest BCUT2D eigenvalue weighted by atomic mass is 10.1. The minimum Gasteiger partial charge on any atom is -0.490 e. The average molecular weight is 359 g/mol. The van der Waals surface area contributed by atoms with Gasteiger partial charge in [0.25, 0.3) is 0 Å². The van der Waals surface area contributed by atoms with Crippen molar-refractivity contribution < 1.29 is 18.3 Å². The summed E-state index contributed by atoms with van der Waals surface area (Å²) in [7, 11) is 1.56. The molecular weight excluding hydrogens is 336 g/mol. The van der Waals surface area contributed by atoms with Gasteiger partial charge in [-0.1, -0.05) is 12.1 Å². The fourth-order valence-corrected chi connectivity index (χ4v) is 3.23. The zero-order valence-corrected chi connectivity index (χ0v) is 14.9. The largest absolute Gasteiger partial charge is 0.490 e. The molecule has 2 aromatic carbocycles. The van der Waals surface area contributed by atoms with E-state index >= 15 is 0 Å². The Bertz CT molecular complexity index is 772. The third-order valence-electron chi connectivity index (χ3n) is 4.80. The smallest absolute Gasteiger partial charge is 0.227 e. The van der Waals surface area contributed by atoms with Gasteiger partial charge in [0.2, 0.25) is 5.91 Å². The van der Waals surface area contributed by atoms with Gasteiger partial charge in [-0.05, 0) is 61.9 Å². The van der Waals surface area contributed by atoms with Crippen molar-refractivity contribution in [3.8, 4) is 5.75 Å². The number of ether oxygens (including phenoxy) is 1. The Morgan fingerprint density at radius 2 is 1.88 bits per heavy atom. The van der Waals surface area contributed by atoms with Crippen LogP contribution in [-0.2, 0) is 11.2 Å². The Balaban J connectivity index is 1.57. The van der Waals surface area contributed by atoms with Gasteiger partial charge in [0.1, 0.15) is 5.75 Å². The highest BCUT2D eigenvalue weighted by molar-refractivity contribution is 5.92. The van der Waals surface area contributed by atoms with Crippen molar-refractivity contribution in [1.29, 1.82) is 0 Å². The molecule has 0 unspecified atom stereocenters. The molecule has 26 heavy (non-hydrogen) atoms. The molecule has 0 bridgehead atoms. The van der Waals surface area contributed by atoms with Crippen molar-refractivity contribution in [2.75, 3.05) is 11.9 Å². The highest BCUT2D eigenvalue weighted by atomic mass is 19.2. The molecule has 1 saturated carbocycles. The molecule has 0 N–H and O–H groups in total. The molecule has 0 spiro atoms. The van der Waals surface area contributed by atoms with Crippen molar-refractivity contribution in [1.82, 2.24) is 0 Å². The maximum Gasteiger partial charge on any atom is 0.227 e. The molecule has 1 fully saturated rings. The summed E-state index contributed by atoms with van der Waals surface area (Å²) in [5.74, 6) is -1.19. The molecule has 3 nitrogen and oxygen atoms in total. The van der Waals surface area contributed by atoms with Crippen molar-refractivity contribution in [3.63, 3.8) is 0 Å². The van der Waals surface area contributed by atoms with Crippen LogP contribution in [-0.4, -0.2) is 19.1 Å². The van der Waals surface area contributed by atoms with E-state index in [1.54, 1.807) is 7.05 Å². The first kappa shape index (κ1) is 18.4. The molecule has 0 atom stereocenters. The maximum atomic E-state index is 13.3. The number of carbonyl (C=O) groups excluding carboxylic acids is 1. The number of rotatable bonds is 6. The Morgan fingerprint density at radius 3 is 2.62 bits per heavy atom. The van der Waals surface area contributed by atoms with Crippen LogP contribution in [0.5, 0.6) is 5.75 Å². The van der Waals surface area contributed by atoms with E-state index in [4.69, 9.17) is 4.74 Å². The van der Waals surface area contributed by atoms with Gasteiger partial charge in [0.15, 0.2) is 11.6 Å². The van der Waals surface area contributed by atoms with Crippen molar-refractivity contribution in [2.24, 2.45) is 0 Å². The summed E-state index contributed by atoms with van der Waals surface area (Å²) in [6.07, 6.45) is 5.77. The first-order chi connectivity index (χ1) is 12.5. The number of benzene rings is 2. The van der Waals surface area contributed by atoms with Crippen molar-refractivity contribution in [2.45, 2.75) is 44.6 Å². The van der Waals surface area contributed by atoms with Gasteiger partial charge in [-0.2, -0.15) is 0 Å². The highest BCUT2D eigenvalue weighted by Gasteiger charge is 2.17. The predicted molar refractivity (Wildman–Crippen MR) is 97.4 cm³/mol. The number of nitrogens with zero attached hydrogens (tertiary/aromatic N) is 1. The zero-order valence-electron chi connectivity index (χ0n) is 14.9. The maximum absolute atomic E-state index is 13.3. The Hall–Kier alpha value is -2.43. The lowest BCUT2D eigenvalue weighted by Gasteiger charge is -2.18. The van der Waals surface area contributed by atoms with E-state index in [1.807, 2.05) is 24.3 Å². The van der Waals surface area contributed by atoms with Gasteiger partial charge < -0.3 is 9.64 Å². The molecule has 0 aromatic heterocycles.